The fraction of sp³-hybridized carbons (Fsp3) is 0.417. The first-order valence-electron chi connectivity index (χ1n) is 5.37. The first-order chi connectivity index (χ1) is 7.63. The van der Waals surface area contributed by atoms with Crippen LogP contribution in [0.5, 0.6) is 0 Å². The highest BCUT2D eigenvalue weighted by atomic mass is 35.5. The Kier molecular flexibility index (Phi) is 7.83. The van der Waals surface area contributed by atoms with Crippen LogP contribution in [0.2, 0.25) is 0 Å². The maximum Gasteiger partial charge on any atom is 0.234 e. The third-order valence-electron chi connectivity index (χ3n) is 2.12. The van der Waals surface area contributed by atoms with E-state index in [2.05, 4.69) is 12.2 Å². The summed E-state index contributed by atoms with van der Waals surface area (Å²) in [4.78, 5) is 11.6. The van der Waals surface area contributed by atoms with Gasteiger partial charge in [0.25, 0.3) is 0 Å². The molecular weight excluding hydrogens is 256 g/mol. The second-order valence-corrected chi connectivity index (χ2v) is 4.78. The number of aryl methyl sites for hydroxylation is 1. The van der Waals surface area contributed by atoms with Crippen LogP contribution in [-0.2, 0) is 4.79 Å². The SMILES string of the molecule is CCCSCC(=O)Nc1cc(N)ccc1C.Cl. The molecule has 1 amide bonds. The number of thioether (sulfide) groups is 1. The third kappa shape index (κ3) is 5.84. The van der Waals surface area contributed by atoms with Crippen molar-refractivity contribution in [2.75, 3.05) is 22.6 Å². The zero-order valence-electron chi connectivity index (χ0n) is 10.2. The van der Waals surface area contributed by atoms with Crippen molar-refractivity contribution in [2.45, 2.75) is 20.3 Å². The molecular formula is C12H19ClN2OS. The molecule has 1 aromatic carbocycles. The number of hydrogen-bond donors (Lipinski definition) is 2. The van der Waals surface area contributed by atoms with Gasteiger partial charge in [-0.05, 0) is 36.8 Å². The Bertz CT molecular complexity index is 372. The van der Waals surface area contributed by atoms with E-state index in [9.17, 15) is 4.79 Å². The van der Waals surface area contributed by atoms with E-state index >= 15 is 0 Å². The fourth-order valence-corrected chi connectivity index (χ4v) is 1.96. The molecule has 0 unspecified atom stereocenters. The topological polar surface area (TPSA) is 55.1 Å². The Labute approximate surface area is 113 Å². The van der Waals surface area contributed by atoms with Gasteiger partial charge in [-0.2, -0.15) is 11.8 Å². The number of rotatable bonds is 5. The zero-order chi connectivity index (χ0) is 12.0. The van der Waals surface area contributed by atoms with E-state index in [1.807, 2.05) is 19.1 Å². The van der Waals surface area contributed by atoms with Crippen molar-refractivity contribution in [1.29, 1.82) is 0 Å². The predicted octanol–water partition coefficient (Wildman–Crippen LogP) is 3.08. The minimum Gasteiger partial charge on any atom is -0.399 e. The van der Waals surface area contributed by atoms with Crippen LogP contribution in [0.1, 0.15) is 18.9 Å². The summed E-state index contributed by atoms with van der Waals surface area (Å²) in [6, 6.07) is 5.53. The summed E-state index contributed by atoms with van der Waals surface area (Å²) in [5, 5.41) is 2.87. The number of benzene rings is 1. The molecule has 0 heterocycles. The number of carbonyl (C=O) groups is 1. The zero-order valence-corrected chi connectivity index (χ0v) is 11.8. The molecule has 0 aliphatic heterocycles. The van der Waals surface area contributed by atoms with Crippen molar-refractivity contribution in [2.24, 2.45) is 0 Å². The average molecular weight is 275 g/mol. The van der Waals surface area contributed by atoms with Gasteiger partial charge in [-0.15, -0.1) is 12.4 Å². The summed E-state index contributed by atoms with van der Waals surface area (Å²) in [5.41, 5.74) is 8.18. The molecule has 17 heavy (non-hydrogen) atoms. The highest BCUT2D eigenvalue weighted by molar-refractivity contribution is 7.99. The van der Waals surface area contributed by atoms with Gasteiger partial charge in [0.05, 0.1) is 5.75 Å². The van der Waals surface area contributed by atoms with Gasteiger partial charge >= 0.3 is 0 Å². The van der Waals surface area contributed by atoms with Crippen molar-refractivity contribution >= 4 is 41.5 Å². The number of carbonyl (C=O) groups excluding carboxylic acids is 1. The Hall–Kier alpha value is -0.870. The molecule has 3 nitrogen and oxygen atoms in total. The molecule has 1 aromatic rings. The van der Waals surface area contributed by atoms with Gasteiger partial charge in [0.2, 0.25) is 5.91 Å². The Morgan fingerprint density at radius 2 is 2.18 bits per heavy atom. The van der Waals surface area contributed by atoms with Crippen molar-refractivity contribution in [1.82, 2.24) is 0 Å². The maximum absolute atomic E-state index is 11.6. The molecule has 0 spiro atoms. The van der Waals surface area contributed by atoms with Crippen LogP contribution in [0.25, 0.3) is 0 Å². The van der Waals surface area contributed by atoms with Gasteiger partial charge in [0, 0.05) is 11.4 Å². The molecule has 0 aliphatic rings. The second-order valence-electron chi connectivity index (χ2n) is 3.68. The number of nitrogens with two attached hydrogens (primary N) is 1. The van der Waals surface area contributed by atoms with E-state index < -0.39 is 0 Å². The van der Waals surface area contributed by atoms with Gasteiger partial charge in [-0.1, -0.05) is 13.0 Å². The molecule has 0 aliphatic carbocycles. The largest absolute Gasteiger partial charge is 0.399 e. The molecule has 0 bridgehead atoms. The molecule has 0 aromatic heterocycles. The lowest BCUT2D eigenvalue weighted by Gasteiger charge is -2.08. The van der Waals surface area contributed by atoms with Gasteiger partial charge in [-0.3, -0.25) is 4.79 Å². The first kappa shape index (κ1) is 16.1. The van der Waals surface area contributed by atoms with Crippen molar-refractivity contribution in [3.8, 4) is 0 Å². The monoisotopic (exact) mass is 274 g/mol. The number of amides is 1. The lowest BCUT2D eigenvalue weighted by molar-refractivity contribution is -0.113. The summed E-state index contributed by atoms with van der Waals surface area (Å²) < 4.78 is 0. The Morgan fingerprint density at radius 1 is 1.47 bits per heavy atom. The summed E-state index contributed by atoms with van der Waals surface area (Å²) in [5.74, 6) is 1.55. The fourth-order valence-electron chi connectivity index (χ4n) is 1.27. The van der Waals surface area contributed by atoms with E-state index in [0.717, 1.165) is 23.4 Å². The molecule has 5 heteroatoms. The number of nitrogen functional groups attached to an aromatic ring is 1. The number of halogens is 1. The number of anilines is 2. The van der Waals surface area contributed by atoms with Crippen LogP contribution in [-0.4, -0.2) is 17.4 Å². The lowest BCUT2D eigenvalue weighted by Crippen LogP contribution is -2.15. The average Bonchev–Trinajstić information content (AvgIpc) is 2.24. The van der Waals surface area contributed by atoms with E-state index in [1.165, 1.54) is 0 Å². The van der Waals surface area contributed by atoms with Crippen LogP contribution in [0.15, 0.2) is 18.2 Å². The van der Waals surface area contributed by atoms with Gasteiger partial charge in [0.1, 0.15) is 0 Å². The predicted molar refractivity (Wildman–Crippen MR) is 79.1 cm³/mol. The highest BCUT2D eigenvalue weighted by Gasteiger charge is 2.04. The molecule has 0 atom stereocenters. The Balaban J connectivity index is 0.00000256. The van der Waals surface area contributed by atoms with Crippen LogP contribution in [0, 0.1) is 6.92 Å². The maximum atomic E-state index is 11.6. The molecule has 96 valence electrons. The van der Waals surface area contributed by atoms with Crippen molar-refractivity contribution in [3.63, 3.8) is 0 Å². The quantitative estimate of drug-likeness (QED) is 0.641. The van der Waals surface area contributed by atoms with E-state index in [-0.39, 0.29) is 18.3 Å². The summed E-state index contributed by atoms with van der Waals surface area (Å²) >= 11 is 1.65. The molecule has 1 rings (SSSR count). The summed E-state index contributed by atoms with van der Waals surface area (Å²) in [6.07, 6.45) is 1.09. The smallest absolute Gasteiger partial charge is 0.234 e. The lowest BCUT2D eigenvalue weighted by atomic mass is 10.2. The molecule has 0 radical (unpaired) electrons. The van der Waals surface area contributed by atoms with E-state index in [0.29, 0.717) is 11.4 Å². The van der Waals surface area contributed by atoms with Crippen LogP contribution in [0.3, 0.4) is 0 Å². The highest BCUT2D eigenvalue weighted by Crippen LogP contribution is 2.18. The third-order valence-corrected chi connectivity index (χ3v) is 3.28. The molecule has 0 saturated heterocycles. The van der Waals surface area contributed by atoms with E-state index in [1.54, 1.807) is 17.8 Å². The minimum atomic E-state index is 0. The minimum absolute atomic E-state index is 0. The van der Waals surface area contributed by atoms with Crippen LogP contribution in [0.4, 0.5) is 11.4 Å². The second kappa shape index (κ2) is 8.25. The van der Waals surface area contributed by atoms with Gasteiger partial charge < -0.3 is 11.1 Å². The van der Waals surface area contributed by atoms with Crippen molar-refractivity contribution < 1.29 is 4.79 Å². The molecule has 0 saturated carbocycles. The van der Waals surface area contributed by atoms with Crippen LogP contribution < -0.4 is 11.1 Å². The summed E-state index contributed by atoms with van der Waals surface area (Å²) in [7, 11) is 0. The van der Waals surface area contributed by atoms with Crippen LogP contribution >= 0.6 is 24.2 Å². The number of hydrogen-bond acceptors (Lipinski definition) is 3. The van der Waals surface area contributed by atoms with E-state index in [4.69, 9.17) is 5.73 Å². The molecule has 0 fully saturated rings. The Morgan fingerprint density at radius 3 is 2.82 bits per heavy atom. The standard InChI is InChI=1S/C12H18N2OS.ClH/c1-3-6-16-8-12(15)14-11-7-10(13)5-4-9(11)2;/h4-5,7H,3,6,8,13H2,1-2H3,(H,14,15);1H. The first-order valence-corrected chi connectivity index (χ1v) is 6.52. The molecule has 3 N–H and O–H groups in total. The normalized spacial score (nSPS) is 9.53. The van der Waals surface area contributed by atoms with Crippen molar-refractivity contribution in [3.05, 3.63) is 23.8 Å². The van der Waals surface area contributed by atoms with Gasteiger partial charge in [0.15, 0.2) is 0 Å². The van der Waals surface area contributed by atoms with Gasteiger partial charge in [-0.25, -0.2) is 0 Å². The number of nitrogens with one attached hydrogen (secondary N) is 1. The summed E-state index contributed by atoms with van der Waals surface area (Å²) in [6.45, 7) is 4.06.